The maximum atomic E-state index is 12.4. The number of rotatable bonds is 1. The van der Waals surface area contributed by atoms with Crippen LogP contribution in [-0.2, 0) is 0 Å². The lowest BCUT2D eigenvalue weighted by molar-refractivity contribution is 0.104. The molecule has 0 atom stereocenters. The third kappa shape index (κ3) is 1.96. The van der Waals surface area contributed by atoms with Gasteiger partial charge >= 0.3 is 0 Å². The Kier molecular flexibility index (Phi) is 2.91. The van der Waals surface area contributed by atoms with Crippen LogP contribution in [0.3, 0.4) is 0 Å². The highest BCUT2D eigenvalue weighted by atomic mass is 32.2. The molecule has 0 radical (unpaired) electrons. The van der Waals surface area contributed by atoms with Gasteiger partial charge in [0.05, 0.1) is 10.6 Å². The van der Waals surface area contributed by atoms with Gasteiger partial charge in [-0.05, 0) is 24.6 Å². The standard InChI is InChI=1S/C16H13NOS/c1-10-6-2-3-7-11(10)14(17)16-15(18)12-8-4-5-9-13(12)19-16/h2-9H,17H2,1H3/b16-14+. The number of fused-ring (bicyclic) bond motifs is 1. The summed E-state index contributed by atoms with van der Waals surface area (Å²) in [6.07, 6.45) is 0. The summed E-state index contributed by atoms with van der Waals surface area (Å²) in [5.41, 5.74) is 9.55. The number of hydrogen-bond acceptors (Lipinski definition) is 3. The van der Waals surface area contributed by atoms with Crippen molar-refractivity contribution in [2.75, 3.05) is 0 Å². The highest BCUT2D eigenvalue weighted by molar-refractivity contribution is 8.05. The van der Waals surface area contributed by atoms with Crippen molar-refractivity contribution in [2.45, 2.75) is 11.8 Å². The van der Waals surface area contributed by atoms with Crippen molar-refractivity contribution in [1.29, 1.82) is 0 Å². The molecule has 0 saturated carbocycles. The zero-order chi connectivity index (χ0) is 13.4. The number of nitrogens with two attached hydrogens (primary N) is 1. The minimum Gasteiger partial charge on any atom is -0.397 e. The van der Waals surface area contributed by atoms with Crippen LogP contribution in [0.15, 0.2) is 58.3 Å². The van der Waals surface area contributed by atoms with Crippen molar-refractivity contribution in [1.82, 2.24) is 0 Å². The van der Waals surface area contributed by atoms with E-state index in [0.717, 1.165) is 21.6 Å². The fourth-order valence-electron chi connectivity index (χ4n) is 2.20. The van der Waals surface area contributed by atoms with Crippen LogP contribution in [-0.4, -0.2) is 5.78 Å². The van der Waals surface area contributed by atoms with E-state index >= 15 is 0 Å². The van der Waals surface area contributed by atoms with Crippen molar-refractivity contribution in [3.63, 3.8) is 0 Å². The van der Waals surface area contributed by atoms with Crippen LogP contribution >= 0.6 is 11.8 Å². The van der Waals surface area contributed by atoms with E-state index in [1.807, 2.05) is 55.5 Å². The first-order valence-electron chi connectivity index (χ1n) is 6.06. The number of hydrogen-bond donors (Lipinski definition) is 1. The van der Waals surface area contributed by atoms with Crippen molar-refractivity contribution in [2.24, 2.45) is 5.73 Å². The Balaban J connectivity index is 2.12. The molecule has 0 amide bonds. The quantitative estimate of drug-likeness (QED) is 0.803. The molecule has 1 aliphatic rings. The molecule has 2 N–H and O–H groups in total. The topological polar surface area (TPSA) is 43.1 Å². The first kappa shape index (κ1) is 12.1. The summed E-state index contributed by atoms with van der Waals surface area (Å²) in [4.78, 5) is 14.0. The van der Waals surface area contributed by atoms with Gasteiger partial charge in [-0.3, -0.25) is 4.79 Å². The predicted molar refractivity (Wildman–Crippen MR) is 78.9 cm³/mol. The molecule has 94 valence electrons. The number of aryl methyl sites for hydroxylation is 1. The molecule has 0 aromatic heterocycles. The summed E-state index contributed by atoms with van der Waals surface area (Å²) in [6, 6.07) is 15.5. The summed E-state index contributed by atoms with van der Waals surface area (Å²) in [6.45, 7) is 2.00. The summed E-state index contributed by atoms with van der Waals surface area (Å²) in [5, 5.41) is 0. The van der Waals surface area contributed by atoms with E-state index in [9.17, 15) is 4.79 Å². The average molecular weight is 267 g/mol. The fraction of sp³-hybridized carbons (Fsp3) is 0.0625. The third-order valence-corrected chi connectivity index (χ3v) is 4.42. The van der Waals surface area contributed by atoms with Crippen LogP contribution in [0.5, 0.6) is 0 Å². The maximum Gasteiger partial charge on any atom is 0.202 e. The van der Waals surface area contributed by atoms with Crippen LogP contribution < -0.4 is 5.73 Å². The zero-order valence-electron chi connectivity index (χ0n) is 10.5. The molecule has 0 spiro atoms. The number of allylic oxidation sites excluding steroid dienone is 1. The Morgan fingerprint density at radius 2 is 1.74 bits per heavy atom. The molecule has 0 bridgehead atoms. The maximum absolute atomic E-state index is 12.4. The van der Waals surface area contributed by atoms with E-state index < -0.39 is 0 Å². The number of Topliss-reactive ketones (excluding diaryl/α,β-unsaturated/α-hetero) is 1. The van der Waals surface area contributed by atoms with Crippen LogP contribution in [0.4, 0.5) is 0 Å². The summed E-state index contributed by atoms with van der Waals surface area (Å²) in [5.74, 6) is 0.0290. The lowest BCUT2D eigenvalue weighted by Crippen LogP contribution is -2.06. The minimum atomic E-state index is 0.0290. The highest BCUT2D eigenvalue weighted by Gasteiger charge is 2.28. The van der Waals surface area contributed by atoms with Gasteiger partial charge in [0.1, 0.15) is 0 Å². The lowest BCUT2D eigenvalue weighted by Gasteiger charge is -2.07. The van der Waals surface area contributed by atoms with Crippen molar-refractivity contribution in [3.8, 4) is 0 Å². The molecule has 0 fully saturated rings. The van der Waals surface area contributed by atoms with Crippen molar-refractivity contribution < 1.29 is 4.79 Å². The molecule has 2 aromatic rings. The first-order valence-corrected chi connectivity index (χ1v) is 6.87. The predicted octanol–water partition coefficient (Wildman–Crippen LogP) is 3.61. The molecule has 0 aliphatic carbocycles. The van der Waals surface area contributed by atoms with Gasteiger partial charge in [0, 0.05) is 16.0 Å². The summed E-state index contributed by atoms with van der Waals surface area (Å²) < 4.78 is 0. The smallest absolute Gasteiger partial charge is 0.202 e. The number of thioether (sulfide) groups is 1. The molecular weight excluding hydrogens is 254 g/mol. The van der Waals surface area contributed by atoms with Gasteiger partial charge in [0.2, 0.25) is 5.78 Å². The number of carbonyl (C=O) groups excluding carboxylic acids is 1. The van der Waals surface area contributed by atoms with E-state index in [1.165, 1.54) is 11.8 Å². The van der Waals surface area contributed by atoms with Gasteiger partial charge in [0.25, 0.3) is 0 Å². The molecule has 19 heavy (non-hydrogen) atoms. The van der Waals surface area contributed by atoms with E-state index in [4.69, 9.17) is 5.73 Å². The fourth-order valence-corrected chi connectivity index (χ4v) is 3.26. The Morgan fingerprint density at radius 3 is 2.47 bits per heavy atom. The van der Waals surface area contributed by atoms with E-state index in [1.54, 1.807) is 0 Å². The molecule has 0 unspecified atom stereocenters. The Hall–Kier alpha value is -2.00. The summed E-state index contributed by atoms with van der Waals surface area (Å²) in [7, 11) is 0. The van der Waals surface area contributed by atoms with E-state index in [0.29, 0.717) is 10.6 Å². The Labute approximate surface area is 116 Å². The van der Waals surface area contributed by atoms with Gasteiger partial charge in [-0.1, -0.05) is 48.2 Å². The van der Waals surface area contributed by atoms with Gasteiger partial charge in [-0.15, -0.1) is 0 Å². The van der Waals surface area contributed by atoms with Gasteiger partial charge in [-0.2, -0.15) is 0 Å². The number of carbonyl (C=O) groups is 1. The van der Waals surface area contributed by atoms with Crippen LogP contribution in [0.1, 0.15) is 21.5 Å². The lowest BCUT2D eigenvalue weighted by atomic mass is 10.0. The Morgan fingerprint density at radius 1 is 1.05 bits per heavy atom. The van der Waals surface area contributed by atoms with Crippen molar-refractivity contribution in [3.05, 3.63) is 70.1 Å². The monoisotopic (exact) mass is 267 g/mol. The summed E-state index contributed by atoms with van der Waals surface area (Å²) >= 11 is 1.46. The van der Waals surface area contributed by atoms with Crippen molar-refractivity contribution >= 4 is 23.2 Å². The molecule has 1 heterocycles. The van der Waals surface area contributed by atoms with Gasteiger partial charge in [0.15, 0.2) is 0 Å². The first-order chi connectivity index (χ1) is 9.18. The van der Waals surface area contributed by atoms with Crippen LogP contribution in [0, 0.1) is 6.92 Å². The van der Waals surface area contributed by atoms with Crippen LogP contribution in [0.2, 0.25) is 0 Å². The largest absolute Gasteiger partial charge is 0.397 e. The van der Waals surface area contributed by atoms with Crippen LogP contribution in [0.25, 0.3) is 5.70 Å². The normalized spacial score (nSPS) is 16.4. The van der Waals surface area contributed by atoms with E-state index in [-0.39, 0.29) is 5.78 Å². The third-order valence-electron chi connectivity index (χ3n) is 3.23. The minimum absolute atomic E-state index is 0.0290. The van der Waals surface area contributed by atoms with Gasteiger partial charge in [-0.25, -0.2) is 0 Å². The molecule has 2 nitrogen and oxygen atoms in total. The molecule has 2 aromatic carbocycles. The molecule has 3 heteroatoms. The zero-order valence-corrected chi connectivity index (χ0v) is 11.3. The SMILES string of the molecule is Cc1ccccc1/C(N)=C1\Sc2ccccc2C1=O. The van der Waals surface area contributed by atoms with Gasteiger partial charge < -0.3 is 5.73 Å². The second-order valence-electron chi connectivity index (χ2n) is 4.49. The average Bonchev–Trinajstić information content (AvgIpc) is 2.77. The second-order valence-corrected chi connectivity index (χ2v) is 5.54. The highest BCUT2D eigenvalue weighted by Crippen LogP contribution is 2.42. The number of benzene rings is 2. The number of ketones is 1. The second kappa shape index (κ2) is 4.59. The molecular formula is C16H13NOS. The molecule has 3 rings (SSSR count). The molecule has 0 saturated heterocycles. The Bertz CT molecular complexity index is 703. The van der Waals surface area contributed by atoms with E-state index in [2.05, 4.69) is 0 Å². The molecule has 1 aliphatic heterocycles.